The molecule has 4 rings (SSSR count). The van der Waals surface area contributed by atoms with Gasteiger partial charge in [-0.2, -0.15) is 0 Å². The number of phenolic OH excluding ortho intramolecular Hbond substituents is 1. The summed E-state index contributed by atoms with van der Waals surface area (Å²) in [6.45, 7) is 2.50. The van der Waals surface area contributed by atoms with Gasteiger partial charge in [0.25, 0.3) is 0 Å². The van der Waals surface area contributed by atoms with Gasteiger partial charge in [0.05, 0.1) is 4.70 Å². The third-order valence-corrected chi connectivity index (χ3v) is 6.35. The van der Waals surface area contributed by atoms with Crippen LogP contribution in [0.15, 0.2) is 11.1 Å². The Hall–Kier alpha value is -1.60. The minimum Gasteiger partial charge on any atom is -0.505 e. The molecule has 1 aromatic carbocycles. The van der Waals surface area contributed by atoms with Crippen LogP contribution in [0.3, 0.4) is 0 Å². The maximum Gasteiger partial charge on any atom is 0.155 e. The van der Waals surface area contributed by atoms with Gasteiger partial charge >= 0.3 is 0 Å². The summed E-state index contributed by atoms with van der Waals surface area (Å²) in [6.07, 6.45) is 0.850. The summed E-state index contributed by atoms with van der Waals surface area (Å²) < 4.78 is 0.967. The first-order chi connectivity index (χ1) is 10.5. The molecule has 7 heteroatoms. The van der Waals surface area contributed by atoms with Gasteiger partial charge in [0, 0.05) is 30.6 Å². The van der Waals surface area contributed by atoms with Crippen LogP contribution in [0.4, 0.5) is 5.69 Å². The average Bonchev–Trinajstić information content (AvgIpc) is 3.18. The Kier molecular flexibility index (Phi) is 3.16. The van der Waals surface area contributed by atoms with Crippen molar-refractivity contribution in [3.05, 3.63) is 16.6 Å². The molecule has 1 atom stereocenters. The summed E-state index contributed by atoms with van der Waals surface area (Å²) >= 11 is 3.10. The fourth-order valence-electron chi connectivity index (χ4n) is 2.85. The van der Waals surface area contributed by atoms with Gasteiger partial charge in [0.1, 0.15) is 27.4 Å². The van der Waals surface area contributed by atoms with E-state index in [4.69, 9.17) is 0 Å². The van der Waals surface area contributed by atoms with E-state index in [-0.39, 0.29) is 11.8 Å². The van der Waals surface area contributed by atoms with Crippen molar-refractivity contribution in [3.8, 4) is 5.75 Å². The Morgan fingerprint density at radius 2 is 2.32 bits per heavy atom. The maximum absolute atomic E-state index is 11.4. The highest BCUT2D eigenvalue weighted by atomic mass is 32.2. The molecule has 5 nitrogen and oxygen atoms in total. The second-order valence-electron chi connectivity index (χ2n) is 5.63. The van der Waals surface area contributed by atoms with Crippen LogP contribution in [-0.2, 0) is 11.2 Å². The van der Waals surface area contributed by atoms with Gasteiger partial charge in [0.2, 0.25) is 0 Å². The fourth-order valence-corrected chi connectivity index (χ4v) is 5.05. The number of ketones is 1. The van der Waals surface area contributed by atoms with Gasteiger partial charge in [-0.1, -0.05) is 0 Å². The van der Waals surface area contributed by atoms with E-state index >= 15 is 0 Å². The molecule has 0 saturated carbocycles. The third kappa shape index (κ3) is 2.03. The number of carbonyl (C=O) groups excluding carboxylic acids is 1. The monoisotopic (exact) mass is 333 g/mol. The van der Waals surface area contributed by atoms with Crippen molar-refractivity contribution >= 4 is 49.8 Å². The number of fused-ring (bicyclic) bond motifs is 2. The van der Waals surface area contributed by atoms with E-state index in [0.29, 0.717) is 17.0 Å². The second kappa shape index (κ2) is 4.96. The van der Waals surface area contributed by atoms with Gasteiger partial charge in [-0.15, -0.1) is 23.1 Å². The van der Waals surface area contributed by atoms with Crippen LogP contribution in [0.25, 0.3) is 10.2 Å². The Labute approximate surface area is 136 Å². The number of thiazole rings is 1. The summed E-state index contributed by atoms with van der Waals surface area (Å²) in [5, 5.41) is 12.1. The minimum atomic E-state index is -0.253. The van der Waals surface area contributed by atoms with Crippen molar-refractivity contribution in [3.63, 3.8) is 0 Å². The second-order valence-corrected chi connectivity index (χ2v) is 7.67. The number of rotatable bonds is 2. The van der Waals surface area contributed by atoms with Crippen LogP contribution >= 0.6 is 23.1 Å². The standard InChI is InChI=1S/C15H15N3O2S2/c1-7(19)9-6-21-14(16-9)15-17-12-11(22-15)5-10-8(13(12)20)3-4-18(10)2/h5,9,20H,3-4,6H2,1-2H3/t9-/m1/s1. The molecule has 1 N–H and O–H groups in total. The van der Waals surface area contributed by atoms with E-state index in [9.17, 15) is 9.90 Å². The number of carbonyl (C=O) groups is 1. The molecular formula is C15H15N3O2S2. The van der Waals surface area contributed by atoms with E-state index in [0.717, 1.165) is 39.0 Å². The summed E-state index contributed by atoms with van der Waals surface area (Å²) in [4.78, 5) is 22.6. The van der Waals surface area contributed by atoms with Crippen LogP contribution < -0.4 is 4.90 Å². The molecule has 0 bridgehead atoms. The SMILES string of the molecule is CC(=O)[C@H]1CSC(c2nc3c(O)c4c(cc3s2)N(C)CC4)=N1. The van der Waals surface area contributed by atoms with Crippen LogP contribution in [0, 0.1) is 0 Å². The third-order valence-electron chi connectivity index (χ3n) is 4.15. The Morgan fingerprint density at radius 1 is 1.50 bits per heavy atom. The van der Waals surface area contributed by atoms with Gasteiger partial charge in [-0.3, -0.25) is 9.79 Å². The highest BCUT2D eigenvalue weighted by Crippen LogP contribution is 2.42. The Balaban J connectivity index is 1.81. The molecule has 2 aliphatic rings. The number of aromatic hydroxyl groups is 1. The zero-order valence-corrected chi connectivity index (χ0v) is 13.9. The zero-order chi connectivity index (χ0) is 15.4. The van der Waals surface area contributed by atoms with E-state index in [1.807, 2.05) is 7.05 Å². The summed E-state index contributed by atoms with van der Waals surface area (Å²) in [5.41, 5.74) is 2.72. The largest absolute Gasteiger partial charge is 0.505 e. The predicted octanol–water partition coefficient (Wildman–Crippen LogP) is 2.45. The topological polar surface area (TPSA) is 65.8 Å². The molecule has 114 valence electrons. The summed E-state index contributed by atoms with van der Waals surface area (Å²) in [6, 6.07) is 1.85. The Morgan fingerprint density at radius 3 is 3.05 bits per heavy atom. The lowest BCUT2D eigenvalue weighted by Crippen LogP contribution is -2.14. The minimum absolute atomic E-state index is 0.0899. The molecule has 0 aliphatic carbocycles. The number of phenols is 1. The van der Waals surface area contributed by atoms with Crippen LogP contribution in [0.5, 0.6) is 5.75 Å². The lowest BCUT2D eigenvalue weighted by atomic mass is 10.1. The van der Waals surface area contributed by atoms with Crippen molar-refractivity contribution < 1.29 is 9.90 Å². The molecule has 0 unspecified atom stereocenters. The van der Waals surface area contributed by atoms with Crippen LogP contribution in [0.2, 0.25) is 0 Å². The molecule has 0 spiro atoms. The van der Waals surface area contributed by atoms with Crippen molar-refractivity contribution in [2.24, 2.45) is 4.99 Å². The molecule has 2 aliphatic heterocycles. The number of aliphatic imine (C=N–C) groups is 1. The van der Waals surface area contributed by atoms with Gasteiger partial charge in [-0.25, -0.2) is 4.98 Å². The normalized spacial score (nSPS) is 20.5. The van der Waals surface area contributed by atoms with E-state index in [1.165, 1.54) is 11.3 Å². The molecule has 0 fully saturated rings. The highest BCUT2D eigenvalue weighted by Gasteiger charge is 2.27. The molecule has 0 amide bonds. The number of likely N-dealkylation sites (N-methyl/N-ethyl adjacent to an activating group) is 1. The lowest BCUT2D eigenvalue weighted by Gasteiger charge is -2.11. The molecule has 22 heavy (non-hydrogen) atoms. The number of anilines is 1. The Bertz CT molecular complexity index is 828. The molecule has 0 radical (unpaired) electrons. The summed E-state index contributed by atoms with van der Waals surface area (Å²) in [7, 11) is 2.04. The highest BCUT2D eigenvalue weighted by molar-refractivity contribution is 8.15. The van der Waals surface area contributed by atoms with E-state index in [2.05, 4.69) is 20.9 Å². The van der Waals surface area contributed by atoms with Crippen LogP contribution in [-0.4, -0.2) is 46.3 Å². The van der Waals surface area contributed by atoms with Gasteiger partial charge < -0.3 is 10.0 Å². The smallest absolute Gasteiger partial charge is 0.155 e. The summed E-state index contributed by atoms with van der Waals surface area (Å²) in [5.74, 6) is 1.07. The lowest BCUT2D eigenvalue weighted by molar-refractivity contribution is -0.117. The molecule has 1 aromatic heterocycles. The number of hydrogen-bond donors (Lipinski definition) is 1. The first-order valence-corrected chi connectivity index (χ1v) is 8.92. The number of benzene rings is 1. The number of aromatic nitrogens is 1. The molecule has 3 heterocycles. The maximum atomic E-state index is 11.4. The van der Waals surface area contributed by atoms with Crippen molar-refractivity contribution in [1.82, 2.24) is 4.98 Å². The van der Waals surface area contributed by atoms with Crippen molar-refractivity contribution in [2.75, 3.05) is 24.2 Å². The first kappa shape index (κ1) is 14.0. The van der Waals surface area contributed by atoms with Gasteiger partial charge in [-0.05, 0) is 19.4 Å². The zero-order valence-electron chi connectivity index (χ0n) is 12.3. The number of thioether (sulfide) groups is 1. The first-order valence-electron chi connectivity index (χ1n) is 7.12. The molecule has 2 aromatic rings. The molecule has 0 saturated heterocycles. The molecular weight excluding hydrogens is 318 g/mol. The van der Waals surface area contributed by atoms with Crippen molar-refractivity contribution in [1.29, 1.82) is 0 Å². The van der Waals surface area contributed by atoms with E-state index in [1.54, 1.807) is 18.7 Å². The van der Waals surface area contributed by atoms with E-state index < -0.39 is 0 Å². The van der Waals surface area contributed by atoms with Crippen molar-refractivity contribution in [2.45, 2.75) is 19.4 Å². The quantitative estimate of drug-likeness (QED) is 0.914. The number of nitrogens with zero attached hydrogens (tertiary/aromatic N) is 3. The number of hydrogen-bond acceptors (Lipinski definition) is 7. The van der Waals surface area contributed by atoms with Crippen LogP contribution in [0.1, 0.15) is 17.5 Å². The fraction of sp³-hybridized carbons (Fsp3) is 0.400. The average molecular weight is 333 g/mol. The van der Waals surface area contributed by atoms with Gasteiger partial charge in [0.15, 0.2) is 5.78 Å². The predicted molar refractivity (Wildman–Crippen MR) is 91.7 cm³/mol. The number of Topliss-reactive ketones (excluding diaryl/α,β-unsaturated/α-hetero) is 1.